The summed E-state index contributed by atoms with van der Waals surface area (Å²) in [5.74, 6) is 0.699. The Hall–Kier alpha value is -3.88. The molecular formula is C21H21N7O2. The Bertz CT molecular complexity index is 1500. The third-order valence-electron chi connectivity index (χ3n) is 5.45. The molecule has 0 N–H and O–H groups in total. The van der Waals surface area contributed by atoms with Crippen LogP contribution in [0.3, 0.4) is 0 Å². The zero-order chi connectivity index (χ0) is 21.2. The lowest BCUT2D eigenvalue weighted by atomic mass is 10.0. The molecule has 9 heteroatoms. The van der Waals surface area contributed by atoms with E-state index in [4.69, 9.17) is 4.74 Å². The van der Waals surface area contributed by atoms with Crippen molar-refractivity contribution in [3.63, 3.8) is 0 Å². The number of hydrogen-bond donors (Lipinski definition) is 0. The van der Waals surface area contributed by atoms with Gasteiger partial charge in [-0.05, 0) is 13.0 Å². The highest BCUT2D eigenvalue weighted by atomic mass is 16.5. The number of imidazole rings is 1. The van der Waals surface area contributed by atoms with Gasteiger partial charge in [0.25, 0.3) is 0 Å². The highest BCUT2D eigenvalue weighted by Gasteiger charge is 2.20. The van der Waals surface area contributed by atoms with E-state index in [1.165, 1.54) is 0 Å². The zero-order valence-electron chi connectivity index (χ0n) is 17.4. The molecule has 4 aromatic heterocycles. The largest absolute Gasteiger partial charge is 0.496 e. The first-order valence-corrected chi connectivity index (χ1v) is 9.47. The van der Waals surface area contributed by atoms with Gasteiger partial charge in [0, 0.05) is 56.1 Å². The van der Waals surface area contributed by atoms with Crippen LogP contribution in [0.1, 0.15) is 5.69 Å². The first-order valence-electron chi connectivity index (χ1n) is 9.47. The molecule has 0 aliphatic carbocycles. The minimum absolute atomic E-state index is 0.144. The van der Waals surface area contributed by atoms with Crippen molar-refractivity contribution in [2.45, 2.75) is 6.92 Å². The Balaban J connectivity index is 1.94. The fourth-order valence-electron chi connectivity index (χ4n) is 4.01. The predicted molar refractivity (Wildman–Crippen MR) is 114 cm³/mol. The molecule has 0 aliphatic heterocycles. The van der Waals surface area contributed by atoms with Crippen LogP contribution < -0.4 is 10.4 Å². The van der Waals surface area contributed by atoms with Crippen molar-refractivity contribution in [2.75, 3.05) is 7.11 Å². The summed E-state index contributed by atoms with van der Waals surface area (Å²) in [6.07, 6.45) is 7.31. The van der Waals surface area contributed by atoms with Gasteiger partial charge >= 0.3 is 5.69 Å². The van der Waals surface area contributed by atoms with Gasteiger partial charge in [-0.1, -0.05) is 0 Å². The third-order valence-corrected chi connectivity index (χ3v) is 5.45. The van der Waals surface area contributed by atoms with Crippen molar-refractivity contribution in [1.29, 1.82) is 0 Å². The molecule has 30 heavy (non-hydrogen) atoms. The van der Waals surface area contributed by atoms with Gasteiger partial charge in [0.15, 0.2) is 0 Å². The van der Waals surface area contributed by atoms with Crippen LogP contribution in [-0.4, -0.2) is 40.8 Å². The molecule has 0 amide bonds. The fourth-order valence-corrected chi connectivity index (χ4v) is 4.01. The maximum absolute atomic E-state index is 13.2. The zero-order valence-corrected chi connectivity index (χ0v) is 17.4. The van der Waals surface area contributed by atoms with Gasteiger partial charge in [0.1, 0.15) is 5.75 Å². The molecule has 0 saturated carbocycles. The molecule has 4 heterocycles. The molecule has 1 aromatic carbocycles. The van der Waals surface area contributed by atoms with Crippen molar-refractivity contribution < 1.29 is 4.74 Å². The second-order valence-corrected chi connectivity index (χ2v) is 7.41. The minimum atomic E-state index is -0.144. The summed E-state index contributed by atoms with van der Waals surface area (Å²) < 4.78 is 12.4. The summed E-state index contributed by atoms with van der Waals surface area (Å²) in [6.45, 7) is 1.90. The monoisotopic (exact) mass is 403 g/mol. The van der Waals surface area contributed by atoms with Crippen molar-refractivity contribution in [3.8, 4) is 22.6 Å². The van der Waals surface area contributed by atoms with Crippen molar-refractivity contribution >= 4 is 21.9 Å². The molecule has 0 bridgehead atoms. The van der Waals surface area contributed by atoms with E-state index < -0.39 is 0 Å². The molecule has 0 unspecified atom stereocenters. The average molecular weight is 403 g/mol. The van der Waals surface area contributed by atoms with E-state index in [1.54, 1.807) is 45.0 Å². The van der Waals surface area contributed by atoms with Gasteiger partial charge in [0.2, 0.25) is 0 Å². The molecule has 152 valence electrons. The van der Waals surface area contributed by atoms with Crippen LogP contribution in [0.4, 0.5) is 0 Å². The summed E-state index contributed by atoms with van der Waals surface area (Å²) in [6, 6.07) is 3.91. The normalized spacial score (nSPS) is 11.6. The Morgan fingerprint density at radius 2 is 1.83 bits per heavy atom. The lowest BCUT2D eigenvalue weighted by molar-refractivity contribution is 0.417. The maximum Gasteiger partial charge on any atom is 0.333 e. The quantitative estimate of drug-likeness (QED) is 0.462. The van der Waals surface area contributed by atoms with E-state index in [0.29, 0.717) is 5.75 Å². The predicted octanol–water partition coefficient (Wildman–Crippen LogP) is 2.33. The molecule has 5 rings (SSSR count). The number of ether oxygens (including phenoxy) is 1. The number of fused-ring (bicyclic) bond motifs is 3. The van der Waals surface area contributed by atoms with E-state index in [1.807, 2.05) is 45.5 Å². The van der Waals surface area contributed by atoms with Crippen LogP contribution in [0, 0.1) is 6.92 Å². The fraction of sp³-hybridized carbons (Fsp3) is 0.238. The van der Waals surface area contributed by atoms with Gasteiger partial charge < -0.3 is 4.74 Å². The van der Waals surface area contributed by atoms with E-state index in [9.17, 15) is 4.79 Å². The van der Waals surface area contributed by atoms with Crippen LogP contribution in [0.25, 0.3) is 38.8 Å². The van der Waals surface area contributed by atoms with Gasteiger partial charge in [-0.2, -0.15) is 10.2 Å². The van der Waals surface area contributed by atoms with E-state index in [-0.39, 0.29) is 5.69 Å². The lowest BCUT2D eigenvalue weighted by Crippen LogP contribution is -2.21. The lowest BCUT2D eigenvalue weighted by Gasteiger charge is -2.11. The highest BCUT2D eigenvalue weighted by Crippen LogP contribution is 2.36. The third kappa shape index (κ3) is 2.48. The van der Waals surface area contributed by atoms with Gasteiger partial charge in [-0.15, -0.1) is 0 Å². The summed E-state index contributed by atoms with van der Waals surface area (Å²) in [5, 5.41) is 9.56. The Kier molecular flexibility index (Phi) is 3.82. The first kappa shape index (κ1) is 18.2. The summed E-state index contributed by atoms with van der Waals surface area (Å²) in [7, 11) is 7.11. The van der Waals surface area contributed by atoms with E-state index in [2.05, 4.69) is 15.2 Å². The van der Waals surface area contributed by atoms with Crippen molar-refractivity contribution in [1.82, 2.24) is 33.7 Å². The molecule has 0 aliphatic rings. The molecule has 0 fully saturated rings. The molecule has 0 radical (unpaired) electrons. The van der Waals surface area contributed by atoms with Crippen LogP contribution in [0.5, 0.6) is 5.75 Å². The Morgan fingerprint density at radius 1 is 1.03 bits per heavy atom. The smallest absolute Gasteiger partial charge is 0.333 e. The van der Waals surface area contributed by atoms with Crippen LogP contribution >= 0.6 is 0 Å². The number of methoxy groups -OCH3 is 1. The number of aryl methyl sites for hydroxylation is 4. The standard InChI is InChI=1S/C21H21N7O2/c1-12-18(11-26(3)24-12)28-20-15-6-14(13-8-23-25(2)10-13)19(30-5)7-16(15)22-9-17(20)27(4)21(28)29/h6-11H,1-5H3. The SMILES string of the molecule is COc1cc2ncc3c(c2cc1-c1cnn(C)c1)n(-c1cn(C)nc1C)c(=O)n3C. The molecule has 5 aromatic rings. The molecular weight excluding hydrogens is 382 g/mol. The van der Waals surface area contributed by atoms with Gasteiger partial charge in [0.05, 0.1) is 47.4 Å². The molecule has 9 nitrogen and oxygen atoms in total. The van der Waals surface area contributed by atoms with E-state index in [0.717, 1.165) is 44.4 Å². The summed E-state index contributed by atoms with van der Waals surface area (Å²) >= 11 is 0. The second kappa shape index (κ2) is 6.31. The number of aromatic nitrogens is 7. The summed E-state index contributed by atoms with van der Waals surface area (Å²) in [5.41, 5.74) is 5.47. The summed E-state index contributed by atoms with van der Waals surface area (Å²) in [4.78, 5) is 17.8. The highest BCUT2D eigenvalue weighted by molar-refractivity contribution is 6.05. The number of rotatable bonds is 3. The van der Waals surface area contributed by atoms with Gasteiger partial charge in [-0.3, -0.25) is 23.5 Å². The molecule has 0 atom stereocenters. The average Bonchev–Trinajstić information content (AvgIpc) is 3.37. The Labute approximate surface area is 171 Å². The first-order chi connectivity index (χ1) is 14.4. The second-order valence-electron chi connectivity index (χ2n) is 7.41. The molecule has 0 saturated heterocycles. The molecule has 0 spiro atoms. The van der Waals surface area contributed by atoms with Crippen molar-refractivity contribution in [2.24, 2.45) is 21.1 Å². The number of nitrogens with zero attached hydrogens (tertiary/aromatic N) is 7. The van der Waals surface area contributed by atoms with E-state index >= 15 is 0 Å². The number of benzene rings is 1. The van der Waals surface area contributed by atoms with Crippen LogP contribution in [0.2, 0.25) is 0 Å². The number of hydrogen-bond acceptors (Lipinski definition) is 5. The van der Waals surface area contributed by atoms with Crippen molar-refractivity contribution in [3.05, 3.63) is 53.1 Å². The minimum Gasteiger partial charge on any atom is -0.496 e. The van der Waals surface area contributed by atoms with Crippen LogP contribution in [-0.2, 0) is 21.1 Å². The Morgan fingerprint density at radius 3 is 2.47 bits per heavy atom. The topological polar surface area (TPSA) is 84.7 Å². The maximum atomic E-state index is 13.2. The van der Waals surface area contributed by atoms with Gasteiger partial charge in [-0.25, -0.2) is 4.79 Å². The number of pyridine rings is 1. The van der Waals surface area contributed by atoms with Crippen LogP contribution in [0.15, 0.2) is 41.7 Å².